The molecule has 9 aromatic carbocycles. The summed E-state index contributed by atoms with van der Waals surface area (Å²) in [6.45, 7) is 14.5. The van der Waals surface area contributed by atoms with Crippen molar-refractivity contribution < 1.29 is 40.6 Å². The van der Waals surface area contributed by atoms with E-state index in [0.717, 1.165) is 97.6 Å². The van der Waals surface area contributed by atoms with Crippen molar-refractivity contribution in [1.29, 1.82) is 0 Å². The number of benzene rings is 9. The molecule has 0 N–H and O–H groups in total. The zero-order chi connectivity index (χ0) is 76.8. The smallest absolute Gasteiger partial charge is 0.201 e. The molecule has 108 heavy (non-hydrogen) atoms. The van der Waals surface area contributed by atoms with E-state index in [1.807, 2.05) is 72.8 Å². The molecule has 0 unspecified atom stereocenters. The first kappa shape index (κ1) is 87.2. The molecule has 0 fully saturated rings. The van der Waals surface area contributed by atoms with Crippen LogP contribution in [0.5, 0.6) is 17.2 Å². The second-order valence-corrected chi connectivity index (χ2v) is 29.4. The fourth-order valence-electron chi connectivity index (χ4n) is 13.7. The first-order chi connectivity index (χ1) is 52.9. The molecule has 0 spiro atoms. The third-order valence-electron chi connectivity index (χ3n) is 20.6. The summed E-state index contributed by atoms with van der Waals surface area (Å²) in [7, 11) is 0. The van der Waals surface area contributed by atoms with E-state index in [-0.39, 0.29) is 33.9 Å². The van der Waals surface area contributed by atoms with Crippen LogP contribution in [0.15, 0.2) is 182 Å². The van der Waals surface area contributed by atoms with Gasteiger partial charge in [-0.1, -0.05) is 360 Å². The summed E-state index contributed by atoms with van der Waals surface area (Å²) in [5.74, 6) is -5.30. The number of rotatable bonds is 48. The molecule has 0 aromatic heterocycles. The second kappa shape index (κ2) is 51.4. The number of ether oxygens (including phenoxy) is 3. The Kier molecular flexibility index (Phi) is 41.5. The molecule has 0 aliphatic rings. The van der Waals surface area contributed by atoms with Gasteiger partial charge in [0.1, 0.15) is 0 Å². The predicted molar refractivity (Wildman–Crippen MR) is 446 cm³/mol. The van der Waals surface area contributed by atoms with Crippen LogP contribution in [-0.2, 0) is 19.3 Å². The Bertz CT molecular complexity index is 3890. The van der Waals surface area contributed by atoms with Crippen LogP contribution < -0.4 is 14.2 Å². The highest BCUT2D eigenvalue weighted by Gasteiger charge is 2.20. The molecule has 0 atom stereocenters. The van der Waals surface area contributed by atoms with Gasteiger partial charge in [0.15, 0.2) is 34.7 Å². The van der Waals surface area contributed by atoms with Crippen molar-refractivity contribution in [3.05, 3.63) is 234 Å². The fourth-order valence-corrected chi connectivity index (χ4v) is 13.7. The highest BCUT2D eigenvalue weighted by molar-refractivity contribution is 5.74. The number of hydrogen-bond acceptors (Lipinski definition) is 3. The van der Waals surface area contributed by atoms with Crippen LogP contribution in [0.25, 0.3) is 66.8 Å². The summed E-state index contributed by atoms with van der Waals surface area (Å²) in [5.41, 5.74) is 13.3. The summed E-state index contributed by atoms with van der Waals surface area (Å²) in [6.07, 6.45) is 42.9. The predicted octanol–water partition coefficient (Wildman–Crippen LogP) is 31.7. The van der Waals surface area contributed by atoms with Crippen LogP contribution >= 0.6 is 0 Å². The van der Waals surface area contributed by atoms with Crippen molar-refractivity contribution in [2.45, 2.75) is 273 Å². The zero-order valence-electron chi connectivity index (χ0n) is 66.4. The molecule has 0 bridgehead atoms. The monoisotopic (exact) mass is 1480 g/mol. The molecule has 0 aliphatic heterocycles. The van der Waals surface area contributed by atoms with Crippen molar-refractivity contribution in [2.24, 2.45) is 0 Å². The van der Waals surface area contributed by atoms with Crippen molar-refractivity contribution in [2.75, 3.05) is 19.8 Å². The molecular formula is C99H126F6O3. The van der Waals surface area contributed by atoms with E-state index < -0.39 is 34.9 Å². The van der Waals surface area contributed by atoms with Crippen molar-refractivity contribution in [3.8, 4) is 84.0 Å². The normalized spacial score (nSPS) is 11.1. The largest absolute Gasteiger partial charge is 0.490 e. The summed E-state index contributed by atoms with van der Waals surface area (Å²) < 4.78 is 105. The van der Waals surface area contributed by atoms with E-state index in [2.05, 4.69) is 114 Å². The van der Waals surface area contributed by atoms with Crippen LogP contribution in [-0.4, -0.2) is 19.8 Å². The Hall–Kier alpha value is -8.04. The van der Waals surface area contributed by atoms with Gasteiger partial charge in [-0.15, -0.1) is 0 Å². The Morgan fingerprint density at radius 3 is 0.565 bits per heavy atom. The molecule has 0 aliphatic carbocycles. The van der Waals surface area contributed by atoms with E-state index in [1.54, 1.807) is 30.3 Å². The van der Waals surface area contributed by atoms with Gasteiger partial charge >= 0.3 is 0 Å². The first-order valence-corrected chi connectivity index (χ1v) is 41.8. The fraction of sp³-hybridized carbons (Fsp3) is 0.455. The Morgan fingerprint density at radius 2 is 0.352 bits per heavy atom. The number of halogens is 6. The van der Waals surface area contributed by atoms with Crippen LogP contribution in [0.4, 0.5) is 26.3 Å². The van der Waals surface area contributed by atoms with Gasteiger partial charge in [-0.2, -0.15) is 13.2 Å². The van der Waals surface area contributed by atoms with Gasteiger partial charge in [-0.25, -0.2) is 13.2 Å². The maximum Gasteiger partial charge on any atom is 0.201 e. The maximum absolute atomic E-state index is 14.9. The van der Waals surface area contributed by atoms with Gasteiger partial charge in [0.2, 0.25) is 17.5 Å². The quantitative estimate of drug-likeness (QED) is 0.0281. The second-order valence-electron chi connectivity index (χ2n) is 29.4. The van der Waals surface area contributed by atoms with Crippen LogP contribution in [0.1, 0.15) is 270 Å². The van der Waals surface area contributed by atoms with E-state index in [0.29, 0.717) is 36.5 Å². The van der Waals surface area contributed by atoms with Crippen molar-refractivity contribution in [1.82, 2.24) is 0 Å². The summed E-state index contributed by atoms with van der Waals surface area (Å²) in [6, 6.07) is 58.2. The highest BCUT2D eigenvalue weighted by atomic mass is 19.2. The van der Waals surface area contributed by atoms with Gasteiger partial charge in [0, 0.05) is 16.7 Å². The van der Waals surface area contributed by atoms with Gasteiger partial charge < -0.3 is 14.2 Å². The average molecular weight is 1480 g/mol. The lowest BCUT2D eigenvalue weighted by Crippen LogP contribution is -2.01. The van der Waals surface area contributed by atoms with E-state index in [1.165, 1.54) is 190 Å². The molecule has 0 heterocycles. The number of hydrogen-bond donors (Lipinski definition) is 0. The molecule has 0 saturated heterocycles. The van der Waals surface area contributed by atoms with Crippen molar-refractivity contribution in [3.63, 3.8) is 0 Å². The first-order valence-electron chi connectivity index (χ1n) is 41.8. The topological polar surface area (TPSA) is 27.7 Å². The Balaban J connectivity index is 0.000000226. The van der Waals surface area contributed by atoms with E-state index in [9.17, 15) is 26.3 Å². The molecular weight excluding hydrogens is 1350 g/mol. The lowest BCUT2D eigenvalue weighted by Gasteiger charge is -2.11. The minimum atomic E-state index is -0.911. The Labute approximate surface area is 647 Å². The van der Waals surface area contributed by atoms with Crippen LogP contribution in [0, 0.1) is 34.9 Å². The van der Waals surface area contributed by atoms with Gasteiger partial charge in [0.25, 0.3) is 0 Å². The molecule has 0 amide bonds. The third-order valence-corrected chi connectivity index (χ3v) is 20.6. The van der Waals surface area contributed by atoms with Crippen molar-refractivity contribution >= 4 is 0 Å². The van der Waals surface area contributed by atoms with Gasteiger partial charge in [-0.05, 0) is 161 Å². The number of unbranched alkanes of at least 4 members (excludes halogenated alkanes) is 27. The van der Waals surface area contributed by atoms with E-state index in [4.69, 9.17) is 14.2 Å². The minimum Gasteiger partial charge on any atom is -0.490 e. The maximum atomic E-state index is 14.9. The molecule has 9 rings (SSSR count). The Morgan fingerprint density at radius 1 is 0.176 bits per heavy atom. The lowest BCUT2D eigenvalue weighted by molar-refractivity contribution is 0.285. The number of aryl methyl sites for hydroxylation is 3. The van der Waals surface area contributed by atoms with Crippen LogP contribution in [0.3, 0.4) is 0 Å². The zero-order valence-corrected chi connectivity index (χ0v) is 66.4. The minimum absolute atomic E-state index is 0.00202. The standard InChI is InChI=1S/C35H46F2O.C33H42F2O.C31H38F2O/c1-3-5-7-8-9-10-11-12-13-15-27-38-33-26-25-32(34(36)35(33)37)31-23-21-30(22-24-31)29-19-17-28(18-20-29)16-14-6-4-2;1-3-5-7-8-9-10-11-13-25-36-31-24-23-30(32(34)33(31)35)29-21-19-28(20-22-29)27-17-15-26(16-18-27)14-12-6-4-2;1-3-5-7-8-9-11-23-34-29-22-21-28(30(32)31(29)33)27-19-17-26(18-20-27)25-15-13-24(14-16-25)12-10-6-4-2/h17-26H,3-16,27H2,1-2H3;15-24H,3-14,25H2,1-2H3;13-22H,3-12,23H2,1-2H3. The van der Waals surface area contributed by atoms with Gasteiger partial charge in [0.05, 0.1) is 19.8 Å². The third kappa shape index (κ3) is 30.1. The molecule has 582 valence electrons. The molecule has 0 saturated carbocycles. The molecule has 0 radical (unpaired) electrons. The summed E-state index contributed by atoms with van der Waals surface area (Å²) in [4.78, 5) is 0. The molecule has 9 aromatic rings. The van der Waals surface area contributed by atoms with Gasteiger partial charge in [-0.3, -0.25) is 0 Å². The average Bonchev–Trinajstić information content (AvgIpc) is 0.817. The summed E-state index contributed by atoms with van der Waals surface area (Å²) >= 11 is 0. The molecule has 9 heteroatoms. The summed E-state index contributed by atoms with van der Waals surface area (Å²) in [5, 5.41) is 0. The van der Waals surface area contributed by atoms with E-state index >= 15 is 0 Å². The molecule has 3 nitrogen and oxygen atoms in total. The highest BCUT2D eigenvalue weighted by Crippen LogP contribution is 2.36. The SMILES string of the molecule is CCCCCCCCCCCCOc1ccc(-c2ccc(-c3ccc(CCCCC)cc3)cc2)c(F)c1F.CCCCCCCCCCOc1ccc(-c2ccc(-c3ccc(CCCCC)cc3)cc2)c(F)c1F.CCCCCCCCOc1ccc(-c2ccc(-c3ccc(CCCCC)cc3)cc2)c(F)c1F. The van der Waals surface area contributed by atoms with Crippen LogP contribution in [0.2, 0.25) is 0 Å². The lowest BCUT2D eigenvalue weighted by atomic mass is 9.98.